The fourth-order valence-electron chi connectivity index (χ4n) is 2.37. The van der Waals surface area contributed by atoms with Gasteiger partial charge in [-0.15, -0.1) is 0 Å². The summed E-state index contributed by atoms with van der Waals surface area (Å²) >= 11 is 0. The Labute approximate surface area is 113 Å². The summed E-state index contributed by atoms with van der Waals surface area (Å²) in [6, 6.07) is 3.66. The van der Waals surface area contributed by atoms with Crippen LogP contribution in [0.15, 0.2) is 23.1 Å². The van der Waals surface area contributed by atoms with Crippen molar-refractivity contribution in [2.24, 2.45) is 5.92 Å². The molecule has 0 spiro atoms. The van der Waals surface area contributed by atoms with Crippen LogP contribution in [0.1, 0.15) is 18.9 Å². The Kier molecular flexibility index (Phi) is 4.23. The average molecular weight is 286 g/mol. The van der Waals surface area contributed by atoms with E-state index in [-0.39, 0.29) is 16.9 Å². The molecule has 2 rings (SSSR count). The minimum absolute atomic E-state index is 0.0734. The third-order valence-corrected chi connectivity index (χ3v) is 5.17. The lowest BCUT2D eigenvalue weighted by Crippen LogP contribution is -2.48. The van der Waals surface area contributed by atoms with Gasteiger partial charge in [-0.05, 0) is 56.1 Å². The number of benzene rings is 1. The zero-order valence-corrected chi connectivity index (χ0v) is 11.9. The Bertz CT molecular complexity index is 560. The van der Waals surface area contributed by atoms with Gasteiger partial charge in [-0.2, -0.15) is 0 Å². The number of aryl methyl sites for hydroxylation is 1. The summed E-state index contributed by atoms with van der Waals surface area (Å²) in [4.78, 5) is 0.152. The van der Waals surface area contributed by atoms with Crippen molar-refractivity contribution in [1.82, 2.24) is 10.0 Å². The van der Waals surface area contributed by atoms with Crippen molar-refractivity contribution in [1.29, 1.82) is 0 Å². The molecule has 1 aromatic rings. The number of sulfonamides is 1. The smallest absolute Gasteiger partial charge is 0.241 e. The Morgan fingerprint density at radius 3 is 2.79 bits per heavy atom. The third kappa shape index (κ3) is 3.32. The number of halogens is 1. The second kappa shape index (κ2) is 5.56. The van der Waals surface area contributed by atoms with E-state index in [1.165, 1.54) is 18.2 Å². The van der Waals surface area contributed by atoms with Crippen LogP contribution < -0.4 is 10.0 Å². The molecule has 0 bridgehead atoms. The first-order valence-corrected chi connectivity index (χ1v) is 7.87. The molecule has 106 valence electrons. The fraction of sp³-hybridized carbons (Fsp3) is 0.538. The van der Waals surface area contributed by atoms with Crippen molar-refractivity contribution in [3.8, 4) is 0 Å². The van der Waals surface area contributed by atoms with E-state index in [4.69, 9.17) is 0 Å². The molecule has 1 aliphatic heterocycles. The van der Waals surface area contributed by atoms with E-state index in [0.717, 1.165) is 19.5 Å². The predicted octanol–water partition coefficient (Wildman–Crippen LogP) is 1.41. The summed E-state index contributed by atoms with van der Waals surface area (Å²) in [5.74, 6) is -0.184. The van der Waals surface area contributed by atoms with Crippen molar-refractivity contribution in [3.05, 3.63) is 29.6 Å². The van der Waals surface area contributed by atoms with Crippen LogP contribution in [-0.4, -0.2) is 27.5 Å². The van der Waals surface area contributed by atoms with Gasteiger partial charge in [0.25, 0.3) is 0 Å². The van der Waals surface area contributed by atoms with Gasteiger partial charge in [-0.3, -0.25) is 0 Å². The number of rotatable bonds is 3. The van der Waals surface area contributed by atoms with Gasteiger partial charge in [0, 0.05) is 6.04 Å². The Morgan fingerprint density at radius 1 is 1.42 bits per heavy atom. The number of hydrogen-bond acceptors (Lipinski definition) is 3. The molecule has 1 aromatic carbocycles. The molecule has 2 atom stereocenters. The van der Waals surface area contributed by atoms with Crippen LogP contribution in [-0.2, 0) is 10.0 Å². The van der Waals surface area contributed by atoms with Crippen molar-refractivity contribution >= 4 is 10.0 Å². The molecule has 1 aliphatic rings. The second-order valence-electron chi connectivity index (χ2n) is 5.11. The minimum atomic E-state index is -3.58. The van der Waals surface area contributed by atoms with Crippen molar-refractivity contribution < 1.29 is 12.8 Å². The molecule has 1 saturated heterocycles. The van der Waals surface area contributed by atoms with E-state index in [2.05, 4.69) is 10.0 Å². The van der Waals surface area contributed by atoms with Gasteiger partial charge in [-0.25, -0.2) is 17.5 Å². The molecule has 0 saturated carbocycles. The summed E-state index contributed by atoms with van der Waals surface area (Å²) in [6.45, 7) is 5.22. The van der Waals surface area contributed by atoms with E-state index in [1.54, 1.807) is 6.92 Å². The molecule has 2 N–H and O–H groups in total. The first-order valence-electron chi connectivity index (χ1n) is 6.39. The molecule has 0 amide bonds. The molecule has 19 heavy (non-hydrogen) atoms. The molecular formula is C13H19FN2O2S. The van der Waals surface area contributed by atoms with Gasteiger partial charge in [0.05, 0.1) is 4.90 Å². The quantitative estimate of drug-likeness (QED) is 0.883. The normalized spacial score (nSPS) is 24.4. The van der Waals surface area contributed by atoms with Gasteiger partial charge in [0.2, 0.25) is 10.0 Å². The van der Waals surface area contributed by atoms with Crippen LogP contribution in [0.4, 0.5) is 4.39 Å². The molecule has 0 radical (unpaired) electrons. The van der Waals surface area contributed by atoms with E-state index >= 15 is 0 Å². The lowest BCUT2D eigenvalue weighted by atomic mass is 9.97. The van der Waals surface area contributed by atoms with Crippen molar-refractivity contribution in [2.75, 3.05) is 13.1 Å². The van der Waals surface area contributed by atoms with Gasteiger partial charge >= 0.3 is 0 Å². The highest BCUT2D eigenvalue weighted by molar-refractivity contribution is 7.89. The summed E-state index contributed by atoms with van der Waals surface area (Å²) in [5, 5.41) is 3.22. The predicted molar refractivity (Wildman–Crippen MR) is 71.9 cm³/mol. The SMILES string of the molecule is Cc1cc(F)ccc1S(=O)(=O)N[C@@H]1CCNC[C@@H]1C. The highest BCUT2D eigenvalue weighted by atomic mass is 32.2. The zero-order chi connectivity index (χ0) is 14.0. The Hall–Kier alpha value is -0.980. The van der Waals surface area contributed by atoms with Crippen LogP contribution in [0.2, 0.25) is 0 Å². The van der Waals surface area contributed by atoms with E-state index in [1.807, 2.05) is 6.92 Å². The highest BCUT2D eigenvalue weighted by Crippen LogP contribution is 2.19. The van der Waals surface area contributed by atoms with Crippen LogP contribution in [0.25, 0.3) is 0 Å². The lowest BCUT2D eigenvalue weighted by molar-refractivity contribution is 0.328. The maximum Gasteiger partial charge on any atom is 0.241 e. The van der Waals surface area contributed by atoms with Crippen LogP contribution in [0.3, 0.4) is 0 Å². The Balaban J connectivity index is 2.22. The average Bonchev–Trinajstić information content (AvgIpc) is 2.31. The molecule has 6 heteroatoms. The first-order chi connectivity index (χ1) is 8.90. The summed E-state index contributed by atoms with van der Waals surface area (Å²) in [5.41, 5.74) is 0.425. The third-order valence-electron chi connectivity index (χ3n) is 3.52. The monoisotopic (exact) mass is 286 g/mol. The molecule has 0 aromatic heterocycles. The maximum atomic E-state index is 13.0. The molecular weight excluding hydrogens is 267 g/mol. The fourth-order valence-corrected chi connectivity index (χ4v) is 3.97. The maximum absolute atomic E-state index is 13.0. The Morgan fingerprint density at radius 2 is 2.16 bits per heavy atom. The number of nitrogens with one attached hydrogen (secondary N) is 2. The summed E-state index contributed by atoms with van der Waals surface area (Å²) in [6.07, 6.45) is 0.765. The minimum Gasteiger partial charge on any atom is -0.316 e. The van der Waals surface area contributed by atoms with Gasteiger partial charge in [0.15, 0.2) is 0 Å². The van der Waals surface area contributed by atoms with Crippen molar-refractivity contribution in [3.63, 3.8) is 0 Å². The molecule has 4 nitrogen and oxygen atoms in total. The molecule has 1 heterocycles. The van der Waals surface area contributed by atoms with Gasteiger partial charge in [-0.1, -0.05) is 6.92 Å². The zero-order valence-electron chi connectivity index (χ0n) is 11.1. The van der Waals surface area contributed by atoms with E-state index < -0.39 is 15.8 Å². The largest absolute Gasteiger partial charge is 0.316 e. The molecule has 1 fully saturated rings. The lowest BCUT2D eigenvalue weighted by Gasteiger charge is -2.30. The van der Waals surface area contributed by atoms with Crippen LogP contribution >= 0.6 is 0 Å². The molecule has 0 unspecified atom stereocenters. The second-order valence-corrected chi connectivity index (χ2v) is 6.79. The summed E-state index contributed by atoms with van der Waals surface area (Å²) < 4.78 is 40.4. The number of piperidine rings is 1. The topological polar surface area (TPSA) is 58.2 Å². The van der Waals surface area contributed by atoms with Gasteiger partial charge < -0.3 is 5.32 Å². The highest BCUT2D eigenvalue weighted by Gasteiger charge is 2.27. The van der Waals surface area contributed by atoms with Gasteiger partial charge in [0.1, 0.15) is 5.82 Å². The van der Waals surface area contributed by atoms with E-state index in [9.17, 15) is 12.8 Å². The summed E-state index contributed by atoms with van der Waals surface area (Å²) in [7, 11) is -3.58. The van der Waals surface area contributed by atoms with E-state index in [0.29, 0.717) is 5.56 Å². The van der Waals surface area contributed by atoms with Crippen molar-refractivity contribution in [2.45, 2.75) is 31.2 Å². The van der Waals surface area contributed by atoms with Crippen LogP contribution in [0.5, 0.6) is 0 Å². The molecule has 0 aliphatic carbocycles. The first kappa shape index (κ1) is 14.4. The standard InChI is InChI=1S/C13H19FN2O2S/c1-9-7-11(14)3-4-13(9)19(17,18)16-12-5-6-15-8-10(12)2/h3-4,7,10,12,15-16H,5-6,8H2,1-2H3/t10-,12+/m0/s1. The van der Waals surface area contributed by atoms with Crippen LogP contribution in [0, 0.1) is 18.7 Å². The number of hydrogen-bond donors (Lipinski definition) is 2.